The van der Waals surface area contributed by atoms with Gasteiger partial charge in [-0.1, -0.05) is 0 Å². The second-order valence-electron chi connectivity index (χ2n) is 4.63. The average molecular weight is 367 g/mol. The van der Waals surface area contributed by atoms with Crippen molar-refractivity contribution in [3.05, 3.63) is 0 Å². The molecule has 132 valence electrons. The van der Waals surface area contributed by atoms with Crippen molar-refractivity contribution in [2.24, 2.45) is 5.73 Å². The lowest BCUT2D eigenvalue weighted by Crippen LogP contribution is -2.55. The highest BCUT2D eigenvalue weighted by atomic mass is 32.2. The number of carbonyl (C=O) groups is 4. The Morgan fingerprint density at radius 2 is 1.70 bits per heavy atom. The van der Waals surface area contributed by atoms with Crippen molar-refractivity contribution in [2.75, 3.05) is 17.8 Å². The minimum Gasteiger partial charge on any atom is -0.481 e. The Morgan fingerprint density at radius 1 is 1.13 bits per heavy atom. The number of carboxylic acid groups (broad SMARTS) is 2. The third kappa shape index (κ3) is 8.67. The summed E-state index contributed by atoms with van der Waals surface area (Å²) in [6.45, 7) is 0. The number of thiol groups is 1. The Labute approximate surface area is 143 Å². The van der Waals surface area contributed by atoms with Crippen molar-refractivity contribution < 1.29 is 29.4 Å². The van der Waals surface area contributed by atoms with Crippen molar-refractivity contribution >= 4 is 48.1 Å². The minimum atomic E-state index is -1.31. The van der Waals surface area contributed by atoms with E-state index in [4.69, 9.17) is 15.9 Å². The second kappa shape index (κ2) is 11.1. The molecule has 0 saturated heterocycles. The first-order valence-electron chi connectivity index (χ1n) is 6.63. The molecular weight excluding hydrogens is 346 g/mol. The first-order chi connectivity index (χ1) is 10.7. The average Bonchev–Trinajstić information content (AvgIpc) is 2.47. The molecular formula is C12H21N3O6S2. The Hall–Kier alpha value is -1.46. The van der Waals surface area contributed by atoms with Crippen LogP contribution in [0.25, 0.3) is 0 Å². The summed E-state index contributed by atoms with van der Waals surface area (Å²) in [5.41, 5.74) is 5.39. The molecule has 11 heteroatoms. The molecule has 0 radical (unpaired) electrons. The fourth-order valence-electron chi connectivity index (χ4n) is 1.52. The van der Waals surface area contributed by atoms with E-state index in [0.29, 0.717) is 5.75 Å². The van der Waals surface area contributed by atoms with Crippen molar-refractivity contribution in [2.45, 2.75) is 31.0 Å². The van der Waals surface area contributed by atoms with Crippen LogP contribution in [0, 0.1) is 0 Å². The zero-order valence-corrected chi connectivity index (χ0v) is 14.2. The molecule has 0 heterocycles. The van der Waals surface area contributed by atoms with E-state index < -0.39 is 48.3 Å². The zero-order chi connectivity index (χ0) is 18.0. The van der Waals surface area contributed by atoms with Crippen LogP contribution in [0.15, 0.2) is 0 Å². The Bertz CT molecular complexity index is 449. The summed E-state index contributed by atoms with van der Waals surface area (Å²) >= 11 is 5.37. The number of nitrogens with two attached hydrogens (primary N) is 1. The summed E-state index contributed by atoms with van der Waals surface area (Å²) < 4.78 is 0. The Kier molecular flexibility index (Phi) is 10.4. The second-order valence-corrected chi connectivity index (χ2v) is 5.98. The van der Waals surface area contributed by atoms with Crippen LogP contribution in [0.2, 0.25) is 0 Å². The molecule has 3 atom stereocenters. The number of thioether (sulfide) groups is 1. The highest BCUT2D eigenvalue weighted by Gasteiger charge is 2.27. The maximum Gasteiger partial charge on any atom is 0.326 e. The van der Waals surface area contributed by atoms with Gasteiger partial charge < -0.3 is 26.6 Å². The first-order valence-corrected chi connectivity index (χ1v) is 8.66. The SMILES string of the molecule is CSCCC(NC(=O)C(CS)NC(=O)C(N)CC(=O)O)C(=O)O. The molecule has 0 aromatic heterocycles. The lowest BCUT2D eigenvalue weighted by Gasteiger charge is -2.21. The molecule has 0 aliphatic carbocycles. The number of rotatable bonds is 11. The molecule has 6 N–H and O–H groups in total. The van der Waals surface area contributed by atoms with Gasteiger partial charge in [-0.3, -0.25) is 14.4 Å². The molecule has 0 aliphatic rings. The molecule has 2 amide bonds. The maximum atomic E-state index is 12.0. The number of nitrogens with one attached hydrogen (secondary N) is 2. The van der Waals surface area contributed by atoms with E-state index in [1.54, 1.807) is 6.26 Å². The molecule has 0 fully saturated rings. The molecule has 0 aromatic carbocycles. The summed E-state index contributed by atoms with van der Waals surface area (Å²) in [6, 6.07) is -3.50. The minimum absolute atomic E-state index is 0.0910. The van der Waals surface area contributed by atoms with Gasteiger partial charge in [0.1, 0.15) is 12.1 Å². The Morgan fingerprint density at radius 3 is 2.13 bits per heavy atom. The predicted octanol–water partition coefficient (Wildman–Crippen LogP) is -1.47. The van der Waals surface area contributed by atoms with Gasteiger partial charge in [0.25, 0.3) is 0 Å². The molecule has 3 unspecified atom stereocenters. The predicted molar refractivity (Wildman–Crippen MR) is 88.6 cm³/mol. The van der Waals surface area contributed by atoms with E-state index in [-0.39, 0.29) is 12.2 Å². The van der Waals surface area contributed by atoms with Crippen LogP contribution in [0.3, 0.4) is 0 Å². The summed E-state index contributed by atoms with van der Waals surface area (Å²) in [7, 11) is 0. The van der Waals surface area contributed by atoms with Crippen LogP contribution in [-0.4, -0.2) is 69.9 Å². The van der Waals surface area contributed by atoms with E-state index in [9.17, 15) is 19.2 Å². The molecule has 0 aliphatic heterocycles. The highest BCUT2D eigenvalue weighted by Crippen LogP contribution is 2.02. The van der Waals surface area contributed by atoms with Gasteiger partial charge in [-0.25, -0.2) is 4.79 Å². The first kappa shape index (κ1) is 21.5. The van der Waals surface area contributed by atoms with Gasteiger partial charge in [0.05, 0.1) is 12.5 Å². The quantitative estimate of drug-likeness (QED) is 0.241. The van der Waals surface area contributed by atoms with Crippen LogP contribution < -0.4 is 16.4 Å². The topological polar surface area (TPSA) is 159 Å². The van der Waals surface area contributed by atoms with Crippen LogP contribution in [0.1, 0.15) is 12.8 Å². The van der Waals surface area contributed by atoms with Gasteiger partial charge in [-0.15, -0.1) is 0 Å². The molecule has 0 spiro atoms. The smallest absolute Gasteiger partial charge is 0.326 e. The molecule has 0 aromatic rings. The molecule has 23 heavy (non-hydrogen) atoms. The van der Waals surface area contributed by atoms with Crippen LogP contribution in [0.4, 0.5) is 0 Å². The van der Waals surface area contributed by atoms with Crippen LogP contribution >= 0.6 is 24.4 Å². The number of hydrogen-bond acceptors (Lipinski definition) is 7. The van der Waals surface area contributed by atoms with Gasteiger partial charge in [-0.2, -0.15) is 24.4 Å². The van der Waals surface area contributed by atoms with E-state index in [0.717, 1.165) is 0 Å². The van der Waals surface area contributed by atoms with Crippen molar-refractivity contribution in [3.8, 4) is 0 Å². The fourth-order valence-corrected chi connectivity index (χ4v) is 2.25. The van der Waals surface area contributed by atoms with Crippen molar-refractivity contribution in [3.63, 3.8) is 0 Å². The standard InChI is InChI=1S/C12H21N3O6S2/c1-23-3-2-7(12(20)21)14-11(19)8(5-22)15-10(18)6(13)4-9(16)17/h6-8,22H,2-5,13H2,1H3,(H,14,19)(H,15,18)(H,16,17)(H,20,21). The zero-order valence-electron chi connectivity index (χ0n) is 12.5. The van der Waals surface area contributed by atoms with E-state index >= 15 is 0 Å². The number of hydrogen-bond donors (Lipinski definition) is 6. The van der Waals surface area contributed by atoms with Gasteiger partial charge in [0.2, 0.25) is 11.8 Å². The third-order valence-corrected chi connectivity index (χ3v) is 3.78. The lowest BCUT2D eigenvalue weighted by molar-refractivity contribution is -0.142. The molecule has 0 saturated carbocycles. The monoisotopic (exact) mass is 367 g/mol. The number of aliphatic carboxylic acids is 2. The summed E-state index contributed by atoms with van der Waals surface area (Å²) in [5, 5.41) is 22.2. The summed E-state index contributed by atoms with van der Waals surface area (Å²) in [4.78, 5) is 45.3. The van der Waals surface area contributed by atoms with E-state index in [2.05, 4.69) is 23.3 Å². The Balaban J connectivity index is 4.69. The number of carboxylic acids is 2. The van der Waals surface area contributed by atoms with Crippen molar-refractivity contribution in [1.29, 1.82) is 0 Å². The number of carbonyl (C=O) groups excluding carboxylic acids is 2. The third-order valence-electron chi connectivity index (χ3n) is 2.77. The van der Waals surface area contributed by atoms with Gasteiger partial charge in [0, 0.05) is 5.75 Å². The van der Waals surface area contributed by atoms with Crippen LogP contribution in [0.5, 0.6) is 0 Å². The normalized spacial score (nSPS) is 14.4. The van der Waals surface area contributed by atoms with Gasteiger partial charge >= 0.3 is 11.9 Å². The fraction of sp³-hybridized carbons (Fsp3) is 0.667. The lowest BCUT2D eigenvalue weighted by atomic mass is 10.1. The van der Waals surface area contributed by atoms with Crippen LogP contribution in [-0.2, 0) is 19.2 Å². The maximum absolute atomic E-state index is 12.0. The van der Waals surface area contributed by atoms with Gasteiger partial charge in [0.15, 0.2) is 0 Å². The van der Waals surface area contributed by atoms with Crippen molar-refractivity contribution in [1.82, 2.24) is 10.6 Å². The highest BCUT2D eigenvalue weighted by molar-refractivity contribution is 7.98. The molecule has 0 rings (SSSR count). The summed E-state index contributed by atoms with van der Waals surface area (Å²) in [5.74, 6) is -3.52. The largest absolute Gasteiger partial charge is 0.481 e. The van der Waals surface area contributed by atoms with Gasteiger partial charge in [-0.05, 0) is 18.4 Å². The number of amides is 2. The molecule has 9 nitrogen and oxygen atoms in total. The summed E-state index contributed by atoms with van der Waals surface area (Å²) in [6.07, 6.45) is 1.45. The molecule has 0 bridgehead atoms. The van der Waals surface area contributed by atoms with E-state index in [1.807, 2.05) is 0 Å². The van der Waals surface area contributed by atoms with E-state index in [1.165, 1.54) is 11.8 Å².